The topological polar surface area (TPSA) is 47.0 Å². The summed E-state index contributed by atoms with van der Waals surface area (Å²) in [7, 11) is 3.68. The fraction of sp³-hybridized carbons (Fsp3) is 0.733. The number of methoxy groups -OCH3 is 1. The Labute approximate surface area is 128 Å². The molecule has 1 N–H and O–H groups in total. The van der Waals surface area contributed by atoms with Gasteiger partial charge in [0.15, 0.2) is 5.82 Å². The highest BCUT2D eigenvalue weighted by Gasteiger charge is 2.35. The van der Waals surface area contributed by atoms with E-state index in [1.807, 2.05) is 7.05 Å². The van der Waals surface area contributed by atoms with Crippen LogP contribution in [0.3, 0.4) is 0 Å². The summed E-state index contributed by atoms with van der Waals surface area (Å²) in [5.41, 5.74) is 1.17. The molecule has 0 saturated heterocycles. The molecular formula is C15H22BrN3O. The molecule has 20 heavy (non-hydrogen) atoms. The summed E-state index contributed by atoms with van der Waals surface area (Å²) in [6.07, 6.45) is 7.59. The third kappa shape index (κ3) is 2.70. The van der Waals surface area contributed by atoms with E-state index >= 15 is 0 Å². The van der Waals surface area contributed by atoms with Crippen molar-refractivity contribution in [2.24, 2.45) is 5.92 Å². The zero-order chi connectivity index (χ0) is 14.1. The first kappa shape index (κ1) is 14.3. The van der Waals surface area contributed by atoms with Crippen molar-refractivity contribution in [3.05, 3.63) is 16.0 Å². The molecule has 2 aliphatic carbocycles. The van der Waals surface area contributed by atoms with Gasteiger partial charge in [-0.1, -0.05) is 12.8 Å². The predicted molar refractivity (Wildman–Crippen MR) is 83.0 cm³/mol. The largest absolute Gasteiger partial charge is 0.373 e. The van der Waals surface area contributed by atoms with E-state index in [9.17, 15) is 0 Å². The highest BCUT2D eigenvalue weighted by Crippen LogP contribution is 2.44. The Morgan fingerprint density at radius 1 is 1.20 bits per heavy atom. The van der Waals surface area contributed by atoms with E-state index in [4.69, 9.17) is 9.72 Å². The Hall–Kier alpha value is -0.680. The molecule has 1 unspecified atom stereocenters. The number of ether oxygens (including phenoxy) is 1. The summed E-state index contributed by atoms with van der Waals surface area (Å²) in [5, 5.41) is 3.18. The van der Waals surface area contributed by atoms with E-state index < -0.39 is 0 Å². The van der Waals surface area contributed by atoms with Crippen LogP contribution in [-0.2, 0) is 4.74 Å². The quantitative estimate of drug-likeness (QED) is 0.879. The van der Waals surface area contributed by atoms with Crippen molar-refractivity contribution in [1.82, 2.24) is 9.97 Å². The molecule has 2 saturated carbocycles. The average Bonchev–Trinajstić information content (AvgIpc) is 3.14. The molecule has 0 aliphatic heterocycles. The van der Waals surface area contributed by atoms with E-state index in [0.29, 0.717) is 11.8 Å². The Bertz CT molecular complexity index is 484. The molecule has 0 aromatic carbocycles. The molecule has 2 aliphatic rings. The second-order valence-corrected chi connectivity index (χ2v) is 6.65. The number of anilines is 1. The number of halogens is 1. The van der Waals surface area contributed by atoms with Crippen LogP contribution in [0.5, 0.6) is 0 Å². The smallest absolute Gasteiger partial charge is 0.160 e. The van der Waals surface area contributed by atoms with Crippen LogP contribution in [0, 0.1) is 5.92 Å². The molecular weight excluding hydrogens is 318 g/mol. The van der Waals surface area contributed by atoms with Gasteiger partial charge in [-0.2, -0.15) is 0 Å². The predicted octanol–water partition coefficient (Wildman–Crippen LogP) is 4.04. The third-order valence-corrected chi connectivity index (χ3v) is 5.21. The zero-order valence-electron chi connectivity index (χ0n) is 12.2. The first-order valence-corrected chi connectivity index (χ1v) is 8.31. The zero-order valence-corrected chi connectivity index (χ0v) is 13.7. The molecule has 1 atom stereocenters. The number of nitrogens with one attached hydrogen (secondary N) is 1. The summed E-state index contributed by atoms with van der Waals surface area (Å²) < 4.78 is 6.68. The fourth-order valence-corrected chi connectivity index (χ4v) is 3.85. The summed E-state index contributed by atoms with van der Waals surface area (Å²) >= 11 is 3.68. The molecule has 1 heterocycles. The van der Waals surface area contributed by atoms with Gasteiger partial charge >= 0.3 is 0 Å². The first-order valence-electron chi connectivity index (χ1n) is 7.52. The second-order valence-electron chi connectivity index (χ2n) is 5.85. The monoisotopic (exact) mass is 339 g/mol. The highest BCUT2D eigenvalue weighted by atomic mass is 79.9. The molecule has 1 aromatic rings. The second kappa shape index (κ2) is 5.98. The van der Waals surface area contributed by atoms with E-state index in [1.165, 1.54) is 44.2 Å². The van der Waals surface area contributed by atoms with Crippen molar-refractivity contribution < 1.29 is 4.74 Å². The van der Waals surface area contributed by atoms with Crippen LogP contribution in [0.25, 0.3) is 0 Å². The van der Waals surface area contributed by atoms with Gasteiger partial charge in [-0.3, -0.25) is 0 Å². The maximum atomic E-state index is 5.65. The Balaban J connectivity index is 1.99. The minimum atomic E-state index is 0.0513. The molecule has 0 bridgehead atoms. The van der Waals surface area contributed by atoms with Crippen molar-refractivity contribution in [1.29, 1.82) is 0 Å². The molecule has 0 radical (unpaired) electrons. The summed E-state index contributed by atoms with van der Waals surface area (Å²) in [4.78, 5) is 9.53. The Morgan fingerprint density at radius 2 is 1.90 bits per heavy atom. The number of rotatable bonds is 5. The van der Waals surface area contributed by atoms with Gasteiger partial charge in [-0.15, -0.1) is 0 Å². The van der Waals surface area contributed by atoms with Crippen LogP contribution in [0.2, 0.25) is 0 Å². The molecule has 0 amide bonds. The molecule has 4 nitrogen and oxygen atoms in total. The van der Waals surface area contributed by atoms with Crippen molar-refractivity contribution in [3.8, 4) is 0 Å². The minimum Gasteiger partial charge on any atom is -0.373 e. The normalized spacial score (nSPS) is 21.1. The lowest BCUT2D eigenvalue weighted by atomic mass is 10.0. The summed E-state index contributed by atoms with van der Waals surface area (Å²) in [6.45, 7) is 0. The number of hydrogen-bond donors (Lipinski definition) is 1. The molecule has 110 valence electrons. The Morgan fingerprint density at radius 3 is 2.45 bits per heavy atom. The van der Waals surface area contributed by atoms with Crippen LogP contribution in [-0.4, -0.2) is 24.1 Å². The van der Waals surface area contributed by atoms with Crippen molar-refractivity contribution >= 4 is 21.7 Å². The van der Waals surface area contributed by atoms with Crippen LogP contribution < -0.4 is 5.32 Å². The lowest BCUT2D eigenvalue weighted by Gasteiger charge is -2.19. The van der Waals surface area contributed by atoms with Gasteiger partial charge in [0.25, 0.3) is 0 Å². The molecule has 1 aromatic heterocycles. The van der Waals surface area contributed by atoms with Gasteiger partial charge < -0.3 is 10.1 Å². The van der Waals surface area contributed by atoms with Crippen LogP contribution in [0.15, 0.2) is 4.47 Å². The lowest BCUT2D eigenvalue weighted by Crippen LogP contribution is -2.14. The standard InChI is InChI=1S/C15H22BrN3O/c1-17-14-11(16)12(9-5-3-4-6-9)18-15(19-14)13(20-2)10-7-8-10/h9-10,13H,3-8H2,1-2H3,(H,17,18,19). The highest BCUT2D eigenvalue weighted by molar-refractivity contribution is 9.10. The van der Waals surface area contributed by atoms with Gasteiger partial charge in [0.1, 0.15) is 11.9 Å². The average molecular weight is 340 g/mol. The van der Waals surface area contributed by atoms with E-state index in [1.54, 1.807) is 7.11 Å². The maximum Gasteiger partial charge on any atom is 0.160 e. The molecule has 2 fully saturated rings. The summed E-state index contributed by atoms with van der Waals surface area (Å²) in [6, 6.07) is 0. The van der Waals surface area contributed by atoms with Crippen molar-refractivity contribution in [2.45, 2.75) is 50.5 Å². The van der Waals surface area contributed by atoms with E-state index in [2.05, 4.69) is 26.2 Å². The number of nitrogens with zero attached hydrogens (tertiary/aromatic N) is 2. The number of hydrogen-bond acceptors (Lipinski definition) is 4. The van der Waals surface area contributed by atoms with Crippen LogP contribution >= 0.6 is 15.9 Å². The third-order valence-electron chi connectivity index (χ3n) is 4.43. The van der Waals surface area contributed by atoms with Gasteiger partial charge in [0, 0.05) is 20.1 Å². The SMILES string of the molecule is CNc1nc(C(OC)C2CC2)nc(C2CCCC2)c1Br. The van der Waals surface area contributed by atoms with Crippen LogP contribution in [0.4, 0.5) is 5.82 Å². The van der Waals surface area contributed by atoms with Gasteiger partial charge in [0.05, 0.1) is 10.2 Å². The first-order chi connectivity index (χ1) is 9.74. The molecule has 5 heteroatoms. The summed E-state index contributed by atoms with van der Waals surface area (Å²) in [5.74, 6) is 2.90. The Kier molecular flexibility index (Phi) is 4.26. The van der Waals surface area contributed by atoms with Gasteiger partial charge in [-0.05, 0) is 47.5 Å². The maximum absolute atomic E-state index is 5.65. The van der Waals surface area contributed by atoms with E-state index in [0.717, 1.165) is 16.1 Å². The molecule has 0 spiro atoms. The van der Waals surface area contributed by atoms with Gasteiger partial charge in [0.2, 0.25) is 0 Å². The minimum absolute atomic E-state index is 0.0513. The fourth-order valence-electron chi connectivity index (χ4n) is 3.15. The lowest BCUT2D eigenvalue weighted by molar-refractivity contribution is 0.0770. The van der Waals surface area contributed by atoms with Crippen LogP contribution in [0.1, 0.15) is 62.1 Å². The van der Waals surface area contributed by atoms with Crippen molar-refractivity contribution in [3.63, 3.8) is 0 Å². The van der Waals surface area contributed by atoms with Gasteiger partial charge in [-0.25, -0.2) is 9.97 Å². The number of aromatic nitrogens is 2. The molecule has 3 rings (SSSR count). The van der Waals surface area contributed by atoms with Crippen molar-refractivity contribution in [2.75, 3.05) is 19.5 Å². The van der Waals surface area contributed by atoms with E-state index in [-0.39, 0.29) is 6.10 Å².